The van der Waals surface area contributed by atoms with Crippen molar-refractivity contribution in [1.29, 1.82) is 0 Å². The second-order valence-corrected chi connectivity index (χ2v) is 6.04. The van der Waals surface area contributed by atoms with Gasteiger partial charge in [0.1, 0.15) is 6.61 Å². The number of hydrogen-bond acceptors (Lipinski definition) is 3. The summed E-state index contributed by atoms with van der Waals surface area (Å²) in [7, 11) is 1.76. The molecule has 0 radical (unpaired) electrons. The Morgan fingerprint density at radius 1 is 1.39 bits per heavy atom. The van der Waals surface area contributed by atoms with Crippen LogP contribution < -0.4 is 5.73 Å². The second kappa shape index (κ2) is 5.94. The van der Waals surface area contributed by atoms with Gasteiger partial charge < -0.3 is 15.4 Å². The van der Waals surface area contributed by atoms with Gasteiger partial charge in [-0.1, -0.05) is 26.8 Å². The average Bonchev–Trinajstić information content (AvgIpc) is 2.25. The standard InChI is InChI=1S/C14H24N2O2/c1-14(2,3)10-16(4)13(17)18-9-11-5-7-12(15)8-6-11/h5,7H,6,8-10,15H2,1-4H3. The van der Waals surface area contributed by atoms with E-state index in [4.69, 9.17) is 10.5 Å². The maximum absolute atomic E-state index is 11.8. The Morgan fingerprint density at radius 2 is 2.06 bits per heavy atom. The van der Waals surface area contributed by atoms with Crippen molar-refractivity contribution in [2.45, 2.75) is 33.6 Å². The number of carbonyl (C=O) groups is 1. The highest BCUT2D eigenvalue weighted by Gasteiger charge is 2.18. The quantitative estimate of drug-likeness (QED) is 0.840. The molecule has 18 heavy (non-hydrogen) atoms. The Kier molecular flexibility index (Phi) is 4.82. The topological polar surface area (TPSA) is 55.6 Å². The molecular weight excluding hydrogens is 228 g/mol. The van der Waals surface area contributed by atoms with E-state index in [9.17, 15) is 4.79 Å². The molecule has 1 rings (SSSR count). The first kappa shape index (κ1) is 14.6. The summed E-state index contributed by atoms with van der Waals surface area (Å²) in [6.07, 6.45) is 5.27. The lowest BCUT2D eigenvalue weighted by atomic mass is 9.96. The van der Waals surface area contributed by atoms with Gasteiger partial charge in [-0.05, 0) is 29.9 Å². The van der Waals surface area contributed by atoms with Crippen LogP contribution in [0.15, 0.2) is 23.4 Å². The van der Waals surface area contributed by atoms with Crippen molar-refractivity contribution >= 4 is 6.09 Å². The van der Waals surface area contributed by atoms with Gasteiger partial charge in [-0.3, -0.25) is 0 Å². The maximum atomic E-state index is 11.8. The van der Waals surface area contributed by atoms with Crippen LogP contribution in [0.1, 0.15) is 33.6 Å². The summed E-state index contributed by atoms with van der Waals surface area (Å²) in [6, 6.07) is 0. The summed E-state index contributed by atoms with van der Waals surface area (Å²) in [5.41, 5.74) is 7.75. The number of carbonyl (C=O) groups excluding carboxylic acids is 1. The van der Waals surface area contributed by atoms with Gasteiger partial charge in [0.05, 0.1) is 0 Å². The van der Waals surface area contributed by atoms with Crippen LogP contribution in [0.5, 0.6) is 0 Å². The molecule has 0 saturated carbocycles. The average molecular weight is 252 g/mol. The lowest BCUT2D eigenvalue weighted by molar-refractivity contribution is 0.106. The summed E-state index contributed by atoms with van der Waals surface area (Å²) in [6.45, 7) is 7.31. The van der Waals surface area contributed by atoms with Gasteiger partial charge in [-0.15, -0.1) is 0 Å². The third-order valence-corrected chi connectivity index (χ3v) is 2.67. The number of rotatable bonds is 3. The molecule has 0 saturated heterocycles. The van der Waals surface area contributed by atoms with Crippen molar-refractivity contribution in [3.63, 3.8) is 0 Å². The van der Waals surface area contributed by atoms with Crippen LogP contribution in [-0.2, 0) is 4.74 Å². The first-order valence-corrected chi connectivity index (χ1v) is 6.30. The van der Waals surface area contributed by atoms with Crippen molar-refractivity contribution in [1.82, 2.24) is 4.90 Å². The molecule has 1 aliphatic rings. The second-order valence-electron chi connectivity index (χ2n) is 6.04. The third kappa shape index (κ3) is 5.25. The molecule has 0 aromatic carbocycles. The van der Waals surface area contributed by atoms with Crippen LogP contribution in [-0.4, -0.2) is 31.2 Å². The van der Waals surface area contributed by atoms with Gasteiger partial charge >= 0.3 is 6.09 Å². The monoisotopic (exact) mass is 252 g/mol. The van der Waals surface area contributed by atoms with Gasteiger partial charge in [0.25, 0.3) is 0 Å². The largest absolute Gasteiger partial charge is 0.445 e. The van der Waals surface area contributed by atoms with Gasteiger partial charge in [0.2, 0.25) is 0 Å². The van der Waals surface area contributed by atoms with E-state index < -0.39 is 0 Å². The molecule has 1 amide bonds. The van der Waals surface area contributed by atoms with E-state index >= 15 is 0 Å². The molecule has 0 bridgehead atoms. The first-order chi connectivity index (χ1) is 8.28. The maximum Gasteiger partial charge on any atom is 0.409 e. The molecule has 0 unspecified atom stereocenters. The predicted octanol–water partition coefficient (Wildman–Crippen LogP) is 2.66. The Bertz CT molecular complexity index is 364. The molecule has 4 heteroatoms. The molecule has 0 heterocycles. The van der Waals surface area contributed by atoms with Crippen molar-refractivity contribution in [2.75, 3.05) is 20.2 Å². The zero-order chi connectivity index (χ0) is 13.8. The number of amides is 1. The molecule has 0 atom stereocenters. The number of nitrogens with two attached hydrogens (primary N) is 1. The Hall–Kier alpha value is -1.45. The van der Waals surface area contributed by atoms with Crippen LogP contribution in [0.25, 0.3) is 0 Å². The molecule has 102 valence electrons. The minimum Gasteiger partial charge on any atom is -0.445 e. The Morgan fingerprint density at radius 3 is 2.56 bits per heavy atom. The highest BCUT2D eigenvalue weighted by Crippen LogP contribution is 2.17. The van der Waals surface area contributed by atoms with E-state index in [-0.39, 0.29) is 11.5 Å². The van der Waals surface area contributed by atoms with Gasteiger partial charge in [0, 0.05) is 19.3 Å². The predicted molar refractivity (Wildman–Crippen MR) is 73.0 cm³/mol. The molecule has 4 nitrogen and oxygen atoms in total. The molecule has 0 spiro atoms. The molecule has 1 aliphatic carbocycles. The fourth-order valence-electron chi connectivity index (χ4n) is 1.86. The fourth-order valence-corrected chi connectivity index (χ4v) is 1.86. The van der Waals surface area contributed by atoms with Crippen molar-refractivity contribution < 1.29 is 9.53 Å². The Labute approximate surface area is 109 Å². The lowest BCUT2D eigenvalue weighted by Gasteiger charge is -2.26. The number of ether oxygens (including phenoxy) is 1. The lowest BCUT2D eigenvalue weighted by Crippen LogP contribution is -2.35. The third-order valence-electron chi connectivity index (χ3n) is 2.67. The van der Waals surface area contributed by atoms with Crippen LogP contribution in [0.3, 0.4) is 0 Å². The molecule has 0 aliphatic heterocycles. The van der Waals surface area contributed by atoms with E-state index in [0.29, 0.717) is 13.2 Å². The van der Waals surface area contributed by atoms with E-state index in [1.165, 1.54) is 0 Å². The Balaban J connectivity index is 2.37. The molecule has 0 fully saturated rings. The fraction of sp³-hybridized carbons (Fsp3) is 0.643. The summed E-state index contributed by atoms with van der Waals surface area (Å²) in [5, 5.41) is 0. The molecular formula is C14H24N2O2. The molecule has 2 N–H and O–H groups in total. The van der Waals surface area contributed by atoms with Crippen LogP contribution in [0.4, 0.5) is 4.79 Å². The van der Waals surface area contributed by atoms with Crippen molar-refractivity contribution in [3.05, 3.63) is 23.4 Å². The van der Waals surface area contributed by atoms with Gasteiger partial charge in [-0.2, -0.15) is 0 Å². The van der Waals surface area contributed by atoms with Gasteiger partial charge in [0.15, 0.2) is 0 Å². The van der Waals surface area contributed by atoms with Crippen LogP contribution in [0, 0.1) is 5.41 Å². The minimum absolute atomic E-state index is 0.0784. The first-order valence-electron chi connectivity index (χ1n) is 6.30. The highest BCUT2D eigenvalue weighted by atomic mass is 16.6. The smallest absolute Gasteiger partial charge is 0.409 e. The van der Waals surface area contributed by atoms with E-state index in [1.807, 2.05) is 12.2 Å². The van der Waals surface area contributed by atoms with E-state index in [0.717, 1.165) is 24.1 Å². The zero-order valence-electron chi connectivity index (χ0n) is 11.8. The summed E-state index contributed by atoms with van der Waals surface area (Å²) in [4.78, 5) is 13.4. The molecule has 0 aromatic heterocycles. The SMILES string of the molecule is CN(CC(C)(C)C)C(=O)OCC1=CC=C(N)CC1. The van der Waals surface area contributed by atoms with Crippen molar-refractivity contribution in [3.8, 4) is 0 Å². The van der Waals surface area contributed by atoms with E-state index in [2.05, 4.69) is 20.8 Å². The zero-order valence-corrected chi connectivity index (χ0v) is 11.8. The summed E-state index contributed by atoms with van der Waals surface area (Å²) >= 11 is 0. The highest BCUT2D eigenvalue weighted by molar-refractivity contribution is 5.67. The number of hydrogen-bond donors (Lipinski definition) is 1. The van der Waals surface area contributed by atoms with Crippen LogP contribution >= 0.6 is 0 Å². The summed E-state index contributed by atoms with van der Waals surface area (Å²) in [5.74, 6) is 0. The summed E-state index contributed by atoms with van der Waals surface area (Å²) < 4.78 is 5.27. The van der Waals surface area contributed by atoms with E-state index in [1.54, 1.807) is 11.9 Å². The van der Waals surface area contributed by atoms with Gasteiger partial charge in [-0.25, -0.2) is 4.79 Å². The molecule has 0 aromatic rings. The minimum atomic E-state index is -0.270. The van der Waals surface area contributed by atoms with Crippen molar-refractivity contribution in [2.24, 2.45) is 11.1 Å². The number of allylic oxidation sites excluding steroid dienone is 3. The normalized spacial score (nSPS) is 15.8. The van der Waals surface area contributed by atoms with Crippen LogP contribution in [0.2, 0.25) is 0 Å². The number of nitrogens with zero attached hydrogens (tertiary/aromatic N) is 1.